The Balaban J connectivity index is 0.000000200. The number of hydrogen-bond donors (Lipinski definition) is 0. The van der Waals surface area contributed by atoms with Gasteiger partial charge in [0.2, 0.25) is 0 Å². The van der Waals surface area contributed by atoms with Crippen LogP contribution in [0, 0.1) is 46.3 Å². The van der Waals surface area contributed by atoms with Crippen LogP contribution in [-0.2, 0) is 0 Å². The van der Waals surface area contributed by atoms with Crippen molar-refractivity contribution < 1.29 is 0 Å². The first-order chi connectivity index (χ1) is 9.69. The highest BCUT2D eigenvalue weighted by Crippen LogP contribution is 2.32. The van der Waals surface area contributed by atoms with E-state index in [0.29, 0.717) is 11.8 Å². The molecular weight excluding hydrogens is 244 g/mol. The Morgan fingerprint density at radius 2 is 1.15 bits per heavy atom. The van der Waals surface area contributed by atoms with Gasteiger partial charge in [0.15, 0.2) is 0 Å². The SMILES string of the molecule is C[C@@H]1CCC[C@@H]1C=CC#N.C[C@H]1CCC[C@H]1C=CC#N. The van der Waals surface area contributed by atoms with E-state index >= 15 is 0 Å². The molecule has 0 amide bonds. The number of allylic oxidation sites excluding steroid dienone is 4. The van der Waals surface area contributed by atoms with E-state index in [0.717, 1.165) is 11.8 Å². The molecule has 0 radical (unpaired) electrons. The van der Waals surface area contributed by atoms with Gasteiger partial charge in [-0.2, -0.15) is 10.5 Å². The fourth-order valence-corrected chi connectivity index (χ4v) is 3.25. The second kappa shape index (κ2) is 9.38. The first-order valence-electron chi connectivity index (χ1n) is 7.81. The Morgan fingerprint density at radius 1 is 0.750 bits per heavy atom. The van der Waals surface area contributed by atoms with Crippen LogP contribution in [0.5, 0.6) is 0 Å². The van der Waals surface area contributed by atoms with Crippen LogP contribution in [0.4, 0.5) is 0 Å². The molecule has 20 heavy (non-hydrogen) atoms. The van der Waals surface area contributed by atoms with E-state index in [-0.39, 0.29) is 0 Å². The molecule has 2 rings (SSSR count). The summed E-state index contributed by atoms with van der Waals surface area (Å²) >= 11 is 0. The van der Waals surface area contributed by atoms with Gasteiger partial charge in [0, 0.05) is 12.2 Å². The van der Waals surface area contributed by atoms with Crippen LogP contribution in [0.25, 0.3) is 0 Å². The van der Waals surface area contributed by atoms with Crippen molar-refractivity contribution in [1.29, 1.82) is 10.5 Å². The minimum absolute atomic E-state index is 0.680. The first kappa shape index (κ1) is 16.5. The van der Waals surface area contributed by atoms with Gasteiger partial charge >= 0.3 is 0 Å². The van der Waals surface area contributed by atoms with Crippen LogP contribution in [0.1, 0.15) is 52.4 Å². The van der Waals surface area contributed by atoms with Gasteiger partial charge in [-0.3, -0.25) is 0 Å². The molecule has 0 saturated heterocycles. The van der Waals surface area contributed by atoms with E-state index in [2.05, 4.69) is 26.0 Å². The van der Waals surface area contributed by atoms with Crippen LogP contribution in [0.15, 0.2) is 24.3 Å². The maximum atomic E-state index is 8.28. The Kier molecular flexibility index (Phi) is 7.74. The summed E-state index contributed by atoms with van der Waals surface area (Å²) in [6.07, 6.45) is 15.2. The number of rotatable bonds is 2. The van der Waals surface area contributed by atoms with Crippen LogP contribution in [0.2, 0.25) is 0 Å². The Labute approximate surface area is 123 Å². The van der Waals surface area contributed by atoms with Crippen molar-refractivity contribution in [3.8, 4) is 12.1 Å². The molecule has 0 spiro atoms. The molecule has 2 saturated carbocycles. The van der Waals surface area contributed by atoms with Crippen molar-refractivity contribution >= 4 is 0 Å². The highest BCUT2D eigenvalue weighted by molar-refractivity contribution is 5.06. The molecule has 2 fully saturated rings. The highest BCUT2D eigenvalue weighted by atomic mass is 14.3. The lowest BCUT2D eigenvalue weighted by atomic mass is 9.98. The second-order valence-electron chi connectivity index (χ2n) is 6.12. The molecule has 0 heterocycles. The molecule has 2 heteroatoms. The zero-order valence-corrected chi connectivity index (χ0v) is 12.8. The van der Waals surface area contributed by atoms with Gasteiger partial charge in [0.25, 0.3) is 0 Å². The third-order valence-electron chi connectivity index (χ3n) is 4.69. The van der Waals surface area contributed by atoms with Crippen molar-refractivity contribution in [3.05, 3.63) is 24.3 Å². The van der Waals surface area contributed by atoms with Crippen molar-refractivity contribution in [2.45, 2.75) is 52.4 Å². The van der Waals surface area contributed by atoms with Gasteiger partial charge in [0.05, 0.1) is 12.1 Å². The Morgan fingerprint density at radius 3 is 1.40 bits per heavy atom. The van der Waals surface area contributed by atoms with Gasteiger partial charge in [-0.15, -0.1) is 0 Å². The van der Waals surface area contributed by atoms with Crippen molar-refractivity contribution in [1.82, 2.24) is 0 Å². The van der Waals surface area contributed by atoms with Gasteiger partial charge in [-0.1, -0.05) is 51.7 Å². The predicted octanol–water partition coefficient (Wildman–Crippen LogP) is 5.00. The molecule has 0 aromatic heterocycles. The topological polar surface area (TPSA) is 47.6 Å². The molecule has 108 valence electrons. The number of nitriles is 2. The number of nitrogens with zero attached hydrogens (tertiary/aromatic N) is 2. The minimum Gasteiger partial charge on any atom is -0.193 e. The number of hydrogen-bond acceptors (Lipinski definition) is 2. The molecule has 2 aliphatic rings. The zero-order chi connectivity index (χ0) is 14.8. The monoisotopic (exact) mass is 270 g/mol. The summed E-state index contributed by atoms with van der Waals surface area (Å²) in [5.74, 6) is 2.95. The van der Waals surface area contributed by atoms with Crippen LogP contribution in [-0.4, -0.2) is 0 Å². The highest BCUT2D eigenvalue weighted by Gasteiger charge is 2.20. The fourth-order valence-electron chi connectivity index (χ4n) is 3.25. The summed E-state index contributed by atoms with van der Waals surface area (Å²) in [6, 6.07) is 4.07. The van der Waals surface area contributed by atoms with E-state index in [9.17, 15) is 0 Å². The van der Waals surface area contributed by atoms with Gasteiger partial charge in [-0.25, -0.2) is 0 Å². The summed E-state index contributed by atoms with van der Waals surface area (Å²) in [4.78, 5) is 0. The molecule has 2 nitrogen and oxygen atoms in total. The van der Waals surface area contributed by atoms with E-state index in [1.807, 2.05) is 12.1 Å². The van der Waals surface area contributed by atoms with Crippen molar-refractivity contribution in [2.75, 3.05) is 0 Å². The Hall–Kier alpha value is -1.54. The molecule has 0 aromatic carbocycles. The van der Waals surface area contributed by atoms with E-state index < -0.39 is 0 Å². The van der Waals surface area contributed by atoms with E-state index in [1.54, 1.807) is 12.2 Å². The quantitative estimate of drug-likeness (QED) is 0.662. The van der Waals surface area contributed by atoms with E-state index in [4.69, 9.17) is 10.5 Å². The second-order valence-corrected chi connectivity index (χ2v) is 6.12. The predicted molar refractivity (Wildman–Crippen MR) is 82.5 cm³/mol. The average molecular weight is 270 g/mol. The Bertz CT molecular complexity index is 368. The molecule has 0 N–H and O–H groups in total. The maximum absolute atomic E-state index is 8.28. The van der Waals surface area contributed by atoms with E-state index in [1.165, 1.54) is 38.5 Å². The van der Waals surface area contributed by atoms with Gasteiger partial charge in [0.1, 0.15) is 0 Å². The fraction of sp³-hybridized carbons (Fsp3) is 0.667. The molecule has 0 aromatic rings. The van der Waals surface area contributed by atoms with Crippen molar-refractivity contribution in [2.24, 2.45) is 23.7 Å². The first-order valence-corrected chi connectivity index (χ1v) is 7.81. The molecule has 0 unspecified atom stereocenters. The molecular formula is C18H26N2. The average Bonchev–Trinajstić information content (AvgIpc) is 3.04. The van der Waals surface area contributed by atoms with Crippen LogP contribution >= 0.6 is 0 Å². The van der Waals surface area contributed by atoms with Gasteiger partial charge < -0.3 is 0 Å². The third kappa shape index (κ3) is 5.62. The summed E-state index contributed by atoms with van der Waals surface area (Å²) in [7, 11) is 0. The normalized spacial score (nSPS) is 32.8. The van der Waals surface area contributed by atoms with Crippen molar-refractivity contribution in [3.63, 3.8) is 0 Å². The lowest BCUT2D eigenvalue weighted by Crippen LogP contribution is -1.98. The largest absolute Gasteiger partial charge is 0.193 e. The van der Waals surface area contributed by atoms with Crippen LogP contribution < -0.4 is 0 Å². The summed E-state index contributed by atoms with van der Waals surface area (Å²) in [5, 5.41) is 16.6. The summed E-state index contributed by atoms with van der Waals surface area (Å²) in [5.41, 5.74) is 0. The minimum atomic E-state index is 0.680. The van der Waals surface area contributed by atoms with Crippen LogP contribution in [0.3, 0.4) is 0 Å². The van der Waals surface area contributed by atoms with Gasteiger partial charge in [-0.05, 0) is 36.5 Å². The zero-order valence-electron chi connectivity index (χ0n) is 12.8. The molecule has 4 atom stereocenters. The molecule has 0 aliphatic heterocycles. The lowest BCUT2D eigenvalue weighted by Gasteiger charge is -2.07. The molecule has 2 aliphatic carbocycles. The summed E-state index contributed by atoms with van der Waals surface area (Å²) < 4.78 is 0. The lowest BCUT2D eigenvalue weighted by molar-refractivity contribution is 0.504. The third-order valence-corrected chi connectivity index (χ3v) is 4.69. The maximum Gasteiger partial charge on any atom is 0.0908 e. The summed E-state index contributed by atoms with van der Waals surface area (Å²) in [6.45, 7) is 4.53. The smallest absolute Gasteiger partial charge is 0.0908 e. The molecule has 0 bridgehead atoms. The standard InChI is InChI=1S/2C9H13N/c2*1-8-4-2-5-9(8)6-3-7-10/h2*3,6,8-9H,2,4-5H2,1H3/t2*8-,9-/m10/s1.